The van der Waals surface area contributed by atoms with Crippen molar-refractivity contribution in [2.24, 2.45) is 0 Å². The van der Waals surface area contributed by atoms with Crippen molar-refractivity contribution in [1.82, 2.24) is 10.3 Å². The lowest BCUT2D eigenvalue weighted by Crippen LogP contribution is -2.46. The van der Waals surface area contributed by atoms with Crippen molar-refractivity contribution in [2.45, 2.75) is 30.9 Å². The van der Waals surface area contributed by atoms with Crippen LogP contribution in [0.15, 0.2) is 30.3 Å². The molecule has 0 bridgehead atoms. The van der Waals surface area contributed by atoms with Crippen molar-refractivity contribution in [1.29, 1.82) is 0 Å². The van der Waals surface area contributed by atoms with Gasteiger partial charge >= 0.3 is 0 Å². The number of piperidine rings is 1. The quantitative estimate of drug-likeness (QED) is 0.536. The van der Waals surface area contributed by atoms with Gasteiger partial charge < -0.3 is 10.1 Å². The number of rotatable bonds is 5. The molecule has 4 rings (SSSR count). The Morgan fingerprint density at radius 3 is 2.67 bits per heavy atom. The third-order valence-corrected chi connectivity index (χ3v) is 9.25. The van der Waals surface area contributed by atoms with E-state index in [0.29, 0.717) is 31.6 Å². The van der Waals surface area contributed by atoms with Crippen molar-refractivity contribution in [3.8, 4) is 16.9 Å². The summed E-state index contributed by atoms with van der Waals surface area (Å²) in [5.74, 6) is 0.739. The molecule has 9 heteroatoms. The smallest absolute Gasteiger partial charge is 0.252 e. The summed E-state index contributed by atoms with van der Waals surface area (Å²) in [6.07, 6.45) is 0.699. The predicted molar refractivity (Wildman–Crippen MR) is 124 cm³/mol. The van der Waals surface area contributed by atoms with E-state index in [1.165, 1.54) is 0 Å². The fourth-order valence-corrected chi connectivity index (χ4v) is 6.64. The first kappa shape index (κ1) is 21.4. The third kappa shape index (κ3) is 3.77. The summed E-state index contributed by atoms with van der Waals surface area (Å²) in [5.41, 5.74) is 3.16. The summed E-state index contributed by atoms with van der Waals surface area (Å²) >= 11 is 8.14. The normalized spacial score (nSPS) is 16.5. The van der Waals surface area contributed by atoms with Crippen LogP contribution in [0.4, 0.5) is 5.69 Å². The van der Waals surface area contributed by atoms with Crippen LogP contribution in [0.3, 0.4) is 0 Å². The van der Waals surface area contributed by atoms with Crippen LogP contribution >= 0.6 is 22.9 Å². The molecule has 0 atom stereocenters. The Morgan fingerprint density at radius 2 is 1.97 bits per heavy atom. The number of aryl methyl sites for hydroxylation is 2. The topological polar surface area (TPSA) is 80.3 Å². The molecule has 1 aromatic carbocycles. The van der Waals surface area contributed by atoms with Crippen molar-refractivity contribution in [3.05, 3.63) is 40.9 Å². The van der Waals surface area contributed by atoms with Gasteiger partial charge in [-0.15, -0.1) is 11.3 Å². The number of hydrogen-bond acceptors (Lipinski definition) is 6. The van der Waals surface area contributed by atoms with E-state index in [9.17, 15) is 8.42 Å². The number of anilines is 1. The van der Waals surface area contributed by atoms with E-state index in [-0.39, 0.29) is 0 Å². The number of methoxy groups -OCH3 is 1. The van der Waals surface area contributed by atoms with Crippen LogP contribution in [0.2, 0.25) is 0 Å². The molecular weight excluding hydrogens is 442 g/mol. The molecule has 30 heavy (non-hydrogen) atoms. The zero-order valence-electron chi connectivity index (χ0n) is 17.1. The van der Waals surface area contributed by atoms with Crippen molar-refractivity contribution in [3.63, 3.8) is 0 Å². The van der Waals surface area contributed by atoms with E-state index >= 15 is 0 Å². The molecular formula is C21H24ClN3O3S2. The second kappa shape index (κ2) is 8.00. The van der Waals surface area contributed by atoms with Crippen molar-refractivity contribution in [2.75, 3.05) is 24.9 Å². The summed E-state index contributed by atoms with van der Waals surface area (Å²) in [4.78, 5) is 6.50. The number of hydrogen-bond donors (Lipinski definition) is 2. The van der Waals surface area contributed by atoms with Gasteiger partial charge in [0.05, 0.1) is 12.8 Å². The Balaban J connectivity index is 1.88. The SMILES string of the molecule is COc1cccc(-c2c(C)sc3nc(C)cc(NS(=O)(=O)C4(Cl)CCNCC4)c23)c1. The first-order valence-electron chi connectivity index (χ1n) is 9.71. The number of thiophene rings is 1. The monoisotopic (exact) mass is 465 g/mol. The van der Waals surface area contributed by atoms with Crippen LogP contribution in [0.25, 0.3) is 21.3 Å². The highest BCUT2D eigenvalue weighted by molar-refractivity contribution is 7.95. The first-order valence-corrected chi connectivity index (χ1v) is 12.4. The average molecular weight is 466 g/mol. The van der Waals surface area contributed by atoms with Gasteiger partial charge in [0.1, 0.15) is 10.6 Å². The van der Waals surface area contributed by atoms with Gasteiger partial charge in [-0.1, -0.05) is 23.7 Å². The number of sulfonamides is 1. The second-order valence-electron chi connectivity index (χ2n) is 7.50. The fourth-order valence-electron chi connectivity index (χ4n) is 3.84. The number of halogens is 1. The second-order valence-corrected chi connectivity index (χ2v) is 11.6. The zero-order chi connectivity index (χ0) is 21.5. The van der Waals surface area contributed by atoms with E-state index in [4.69, 9.17) is 16.3 Å². The molecule has 0 amide bonds. The lowest BCUT2D eigenvalue weighted by Gasteiger charge is -2.31. The van der Waals surface area contributed by atoms with Gasteiger partial charge in [-0.05, 0) is 63.5 Å². The minimum Gasteiger partial charge on any atom is -0.497 e. The molecule has 0 radical (unpaired) electrons. The largest absolute Gasteiger partial charge is 0.497 e. The average Bonchev–Trinajstić information content (AvgIpc) is 3.04. The maximum atomic E-state index is 13.3. The molecule has 1 aliphatic heterocycles. The molecule has 2 aromatic heterocycles. The minimum absolute atomic E-state index is 0.350. The number of fused-ring (bicyclic) bond motifs is 1. The van der Waals surface area contributed by atoms with Gasteiger partial charge in [0, 0.05) is 21.5 Å². The van der Waals surface area contributed by atoms with E-state index in [2.05, 4.69) is 15.0 Å². The maximum absolute atomic E-state index is 13.3. The highest BCUT2D eigenvalue weighted by Gasteiger charge is 2.43. The van der Waals surface area contributed by atoms with E-state index in [1.54, 1.807) is 24.5 Å². The number of nitrogens with zero attached hydrogens (tertiary/aromatic N) is 1. The minimum atomic E-state index is -3.82. The summed E-state index contributed by atoms with van der Waals surface area (Å²) in [7, 11) is -2.19. The summed E-state index contributed by atoms with van der Waals surface area (Å²) in [5, 5.41) is 3.95. The molecule has 160 valence electrons. The Morgan fingerprint density at radius 1 is 1.23 bits per heavy atom. The number of pyridine rings is 1. The van der Waals surface area contributed by atoms with Gasteiger partial charge in [-0.25, -0.2) is 13.4 Å². The zero-order valence-corrected chi connectivity index (χ0v) is 19.5. The van der Waals surface area contributed by atoms with Crippen LogP contribution in [0, 0.1) is 13.8 Å². The lowest BCUT2D eigenvalue weighted by atomic mass is 10.0. The Kier molecular flexibility index (Phi) is 5.69. The summed E-state index contributed by atoms with van der Waals surface area (Å²) < 4.78 is 33.4. The summed E-state index contributed by atoms with van der Waals surface area (Å²) in [6, 6.07) is 9.52. The Bertz CT molecular complexity index is 1200. The van der Waals surface area contributed by atoms with E-state index in [0.717, 1.165) is 37.7 Å². The molecule has 6 nitrogen and oxygen atoms in total. The number of alkyl halides is 1. The Labute approximate surface area is 185 Å². The molecule has 0 unspecified atom stereocenters. The van der Waals surface area contributed by atoms with Crippen molar-refractivity contribution >= 4 is 48.9 Å². The standard InChI is InChI=1S/C21H24ClN3O3S2/c1-13-11-17(25-30(26,27)21(22)7-9-23-10-8-21)19-18(14(2)29-20(19)24-13)15-5-4-6-16(12-15)28-3/h4-6,11-12,23H,7-10H2,1-3H3,(H,24,25). The number of ether oxygens (including phenoxy) is 1. The highest BCUT2D eigenvalue weighted by Crippen LogP contribution is 2.44. The van der Waals surface area contributed by atoms with Crippen molar-refractivity contribution < 1.29 is 13.2 Å². The van der Waals surface area contributed by atoms with E-state index in [1.807, 2.05) is 38.1 Å². The van der Waals surface area contributed by atoms with E-state index < -0.39 is 14.2 Å². The van der Waals surface area contributed by atoms with Crippen LogP contribution < -0.4 is 14.8 Å². The third-order valence-electron chi connectivity index (χ3n) is 5.40. The first-order chi connectivity index (χ1) is 14.2. The lowest BCUT2D eigenvalue weighted by molar-refractivity contribution is 0.415. The fraction of sp³-hybridized carbons (Fsp3) is 0.381. The molecule has 3 aromatic rings. The molecule has 2 N–H and O–H groups in total. The Hall–Kier alpha value is -1.87. The molecule has 0 saturated carbocycles. The van der Waals surface area contributed by atoms with Gasteiger partial charge in [-0.3, -0.25) is 4.72 Å². The van der Waals surface area contributed by atoms with Crippen LogP contribution in [-0.2, 0) is 10.0 Å². The molecule has 1 fully saturated rings. The summed E-state index contributed by atoms with van der Waals surface area (Å²) in [6.45, 7) is 5.02. The molecule has 0 spiro atoms. The van der Waals surface area contributed by atoms with Gasteiger partial charge in [0.2, 0.25) is 0 Å². The molecule has 1 aliphatic rings. The van der Waals surface area contributed by atoms with Crippen LogP contribution in [-0.4, -0.2) is 37.8 Å². The number of nitrogens with one attached hydrogen (secondary N) is 2. The molecule has 3 heterocycles. The number of aromatic nitrogens is 1. The van der Waals surface area contributed by atoms with Crippen LogP contribution in [0.5, 0.6) is 5.75 Å². The van der Waals surface area contributed by atoms with Gasteiger partial charge in [0.15, 0.2) is 4.21 Å². The maximum Gasteiger partial charge on any atom is 0.252 e. The predicted octanol–water partition coefficient (Wildman–Crippen LogP) is 4.65. The highest BCUT2D eigenvalue weighted by atomic mass is 35.5. The number of benzene rings is 1. The van der Waals surface area contributed by atoms with Gasteiger partial charge in [-0.2, -0.15) is 0 Å². The molecule has 0 aliphatic carbocycles. The van der Waals surface area contributed by atoms with Gasteiger partial charge in [0.25, 0.3) is 10.0 Å². The molecule has 1 saturated heterocycles. The van der Waals surface area contributed by atoms with Crippen LogP contribution in [0.1, 0.15) is 23.4 Å².